The van der Waals surface area contributed by atoms with E-state index >= 15 is 0 Å². The van der Waals surface area contributed by atoms with Gasteiger partial charge in [0.15, 0.2) is 0 Å². The van der Waals surface area contributed by atoms with Gasteiger partial charge in [-0.15, -0.1) is 0 Å². The second-order valence-electron chi connectivity index (χ2n) is 6.41. The summed E-state index contributed by atoms with van der Waals surface area (Å²) >= 11 is 6.36. The summed E-state index contributed by atoms with van der Waals surface area (Å²) in [7, 11) is 0. The summed E-state index contributed by atoms with van der Waals surface area (Å²) in [5, 5.41) is 6.97. The first-order valence-electron chi connectivity index (χ1n) is 9.01. The van der Waals surface area contributed by atoms with E-state index in [4.69, 9.17) is 16.3 Å². The molecule has 4 rings (SSSR count). The number of halogens is 2. The van der Waals surface area contributed by atoms with Crippen LogP contribution in [0, 0.1) is 5.82 Å². The van der Waals surface area contributed by atoms with E-state index in [9.17, 15) is 9.18 Å². The fraction of sp³-hybridized carbons (Fsp3) is 0.0455. The third-order valence-electron chi connectivity index (χ3n) is 4.34. The molecule has 0 radical (unpaired) electrons. The van der Waals surface area contributed by atoms with Gasteiger partial charge in [-0.05, 0) is 54.1 Å². The van der Waals surface area contributed by atoms with Crippen LogP contribution in [0.4, 0.5) is 21.6 Å². The fourth-order valence-corrected chi connectivity index (χ4v) is 3.17. The Morgan fingerprint density at radius 2 is 1.90 bits per heavy atom. The maximum atomic E-state index is 13.3. The number of carbonyl (C=O) groups is 1. The molecule has 6 nitrogen and oxygen atoms in total. The molecule has 0 fully saturated rings. The van der Waals surface area contributed by atoms with E-state index in [0.29, 0.717) is 39.9 Å². The van der Waals surface area contributed by atoms with Crippen molar-refractivity contribution in [3.63, 3.8) is 0 Å². The van der Waals surface area contributed by atoms with Crippen LogP contribution in [0.2, 0.25) is 5.02 Å². The summed E-state index contributed by atoms with van der Waals surface area (Å²) < 4.78 is 19.0. The van der Waals surface area contributed by atoms with E-state index in [1.54, 1.807) is 48.5 Å². The molecule has 0 saturated carbocycles. The van der Waals surface area contributed by atoms with Crippen molar-refractivity contribution in [3.8, 4) is 5.75 Å². The standard InChI is InChI=1S/C22H16ClFN4O2/c23-19-10-17(5-7-21(19)30-11-14-2-1-3-15(24)8-14)28-22-18-9-16(27-13-29)4-6-20(18)25-12-26-22/h1-10,12-13H,11H2,(H,27,29)(H,25,26,28). The Labute approximate surface area is 176 Å². The van der Waals surface area contributed by atoms with Gasteiger partial charge in [0.05, 0.1) is 10.5 Å². The van der Waals surface area contributed by atoms with Crippen molar-refractivity contribution < 1.29 is 13.9 Å². The Bertz CT molecular complexity index is 1220. The predicted molar refractivity (Wildman–Crippen MR) is 115 cm³/mol. The van der Waals surface area contributed by atoms with E-state index in [1.165, 1.54) is 18.5 Å². The van der Waals surface area contributed by atoms with Crippen LogP contribution in [0.5, 0.6) is 5.75 Å². The molecule has 8 heteroatoms. The Morgan fingerprint density at radius 3 is 2.70 bits per heavy atom. The number of hydrogen-bond donors (Lipinski definition) is 2. The number of aromatic nitrogens is 2. The van der Waals surface area contributed by atoms with Crippen molar-refractivity contribution in [2.75, 3.05) is 10.6 Å². The van der Waals surface area contributed by atoms with Crippen LogP contribution < -0.4 is 15.4 Å². The minimum Gasteiger partial charge on any atom is -0.487 e. The van der Waals surface area contributed by atoms with Crippen molar-refractivity contribution in [2.24, 2.45) is 0 Å². The summed E-state index contributed by atoms with van der Waals surface area (Å²) in [6.07, 6.45) is 2.07. The van der Waals surface area contributed by atoms with Crippen molar-refractivity contribution in [1.82, 2.24) is 9.97 Å². The lowest BCUT2D eigenvalue weighted by molar-refractivity contribution is -0.105. The second kappa shape index (κ2) is 8.75. The Kier molecular flexibility index (Phi) is 5.72. The van der Waals surface area contributed by atoms with Gasteiger partial charge in [-0.2, -0.15) is 0 Å². The molecule has 0 unspecified atom stereocenters. The van der Waals surface area contributed by atoms with Gasteiger partial charge in [0, 0.05) is 16.8 Å². The van der Waals surface area contributed by atoms with Crippen LogP contribution >= 0.6 is 11.6 Å². The number of carbonyl (C=O) groups excluding carboxylic acids is 1. The molecule has 1 aromatic heterocycles. The first-order valence-corrected chi connectivity index (χ1v) is 9.39. The molecule has 2 N–H and O–H groups in total. The number of fused-ring (bicyclic) bond motifs is 1. The molecule has 0 aliphatic heterocycles. The quantitative estimate of drug-likeness (QED) is 0.394. The van der Waals surface area contributed by atoms with E-state index < -0.39 is 0 Å². The van der Waals surface area contributed by atoms with Gasteiger partial charge in [-0.1, -0.05) is 23.7 Å². The molecule has 0 bridgehead atoms. The van der Waals surface area contributed by atoms with Gasteiger partial charge in [0.2, 0.25) is 6.41 Å². The molecule has 1 amide bonds. The molecule has 0 saturated heterocycles. The number of benzene rings is 3. The molecule has 0 spiro atoms. The third-order valence-corrected chi connectivity index (χ3v) is 4.63. The molecule has 30 heavy (non-hydrogen) atoms. The van der Waals surface area contributed by atoms with Crippen LogP contribution in [0.1, 0.15) is 5.56 Å². The van der Waals surface area contributed by atoms with Gasteiger partial charge in [0.25, 0.3) is 0 Å². The van der Waals surface area contributed by atoms with Crippen molar-refractivity contribution >= 4 is 46.1 Å². The van der Waals surface area contributed by atoms with Gasteiger partial charge >= 0.3 is 0 Å². The highest BCUT2D eigenvalue weighted by atomic mass is 35.5. The first kappa shape index (κ1) is 19.6. The van der Waals surface area contributed by atoms with E-state index in [1.807, 2.05) is 0 Å². The summed E-state index contributed by atoms with van der Waals surface area (Å²) in [4.78, 5) is 19.2. The Balaban J connectivity index is 1.53. The fourth-order valence-electron chi connectivity index (χ4n) is 2.93. The second-order valence-corrected chi connectivity index (χ2v) is 6.81. The normalized spacial score (nSPS) is 10.6. The largest absolute Gasteiger partial charge is 0.487 e. The number of nitrogens with one attached hydrogen (secondary N) is 2. The summed E-state index contributed by atoms with van der Waals surface area (Å²) in [5.41, 5.74) is 2.77. The van der Waals surface area contributed by atoms with Crippen LogP contribution in [0.3, 0.4) is 0 Å². The summed E-state index contributed by atoms with van der Waals surface area (Å²) in [6.45, 7) is 0.202. The molecule has 4 aromatic rings. The highest BCUT2D eigenvalue weighted by Gasteiger charge is 2.08. The minimum atomic E-state index is -0.315. The van der Waals surface area contributed by atoms with Gasteiger partial charge in [-0.3, -0.25) is 4.79 Å². The Morgan fingerprint density at radius 1 is 1.03 bits per heavy atom. The molecule has 150 valence electrons. The number of amides is 1. The van der Waals surface area contributed by atoms with Gasteiger partial charge in [0.1, 0.15) is 30.3 Å². The maximum absolute atomic E-state index is 13.3. The van der Waals surface area contributed by atoms with Crippen molar-refractivity contribution in [3.05, 3.63) is 83.4 Å². The average molecular weight is 423 g/mol. The van der Waals surface area contributed by atoms with E-state index in [2.05, 4.69) is 20.6 Å². The monoisotopic (exact) mass is 422 g/mol. The summed E-state index contributed by atoms with van der Waals surface area (Å²) in [5.74, 6) is 0.737. The molecular formula is C22H16ClFN4O2. The number of hydrogen-bond acceptors (Lipinski definition) is 5. The minimum absolute atomic E-state index is 0.202. The average Bonchev–Trinajstić information content (AvgIpc) is 2.74. The van der Waals surface area contributed by atoms with Crippen molar-refractivity contribution in [1.29, 1.82) is 0 Å². The van der Waals surface area contributed by atoms with Crippen LogP contribution in [0.25, 0.3) is 10.9 Å². The SMILES string of the molecule is O=CNc1ccc2ncnc(Nc3ccc(OCc4cccc(F)c4)c(Cl)c3)c2c1. The lowest BCUT2D eigenvalue weighted by Crippen LogP contribution is -1.99. The predicted octanol–water partition coefficient (Wildman–Crippen LogP) is 5.31. The topological polar surface area (TPSA) is 76.1 Å². The summed E-state index contributed by atoms with van der Waals surface area (Å²) in [6, 6.07) is 16.8. The Hall–Kier alpha value is -3.71. The smallest absolute Gasteiger partial charge is 0.211 e. The molecule has 0 aliphatic carbocycles. The third kappa shape index (κ3) is 4.47. The van der Waals surface area contributed by atoms with E-state index in [0.717, 1.165) is 10.9 Å². The van der Waals surface area contributed by atoms with Crippen LogP contribution in [-0.2, 0) is 11.4 Å². The molecular weight excluding hydrogens is 407 g/mol. The highest BCUT2D eigenvalue weighted by Crippen LogP contribution is 2.31. The number of rotatable bonds is 7. The van der Waals surface area contributed by atoms with Gasteiger partial charge in [-0.25, -0.2) is 14.4 Å². The number of anilines is 3. The zero-order chi connectivity index (χ0) is 20.9. The molecule has 1 heterocycles. The van der Waals surface area contributed by atoms with Gasteiger partial charge < -0.3 is 15.4 Å². The zero-order valence-corrected chi connectivity index (χ0v) is 16.4. The van der Waals surface area contributed by atoms with Crippen molar-refractivity contribution in [2.45, 2.75) is 6.61 Å². The van der Waals surface area contributed by atoms with E-state index in [-0.39, 0.29) is 12.4 Å². The lowest BCUT2D eigenvalue weighted by atomic mass is 10.2. The number of nitrogens with zero attached hydrogens (tertiary/aromatic N) is 2. The molecule has 0 aliphatic rings. The maximum Gasteiger partial charge on any atom is 0.211 e. The first-order chi connectivity index (χ1) is 14.6. The zero-order valence-electron chi connectivity index (χ0n) is 15.6. The van der Waals surface area contributed by atoms with Crippen LogP contribution in [-0.4, -0.2) is 16.4 Å². The van der Waals surface area contributed by atoms with Crippen LogP contribution in [0.15, 0.2) is 67.0 Å². The highest BCUT2D eigenvalue weighted by molar-refractivity contribution is 6.32. The lowest BCUT2D eigenvalue weighted by Gasteiger charge is -2.12. The molecule has 3 aromatic carbocycles. The molecule has 0 atom stereocenters. The number of ether oxygens (including phenoxy) is 1.